The van der Waals surface area contributed by atoms with Crippen LogP contribution < -0.4 is 0 Å². The first-order valence-electron chi connectivity index (χ1n) is 6.90. The van der Waals surface area contributed by atoms with Crippen molar-refractivity contribution in [3.63, 3.8) is 0 Å². The molecule has 0 saturated carbocycles. The molecule has 1 aliphatic rings. The smallest absolute Gasteiger partial charge is 0.147 e. The van der Waals surface area contributed by atoms with Gasteiger partial charge in [-0.1, -0.05) is 0 Å². The molecule has 0 fully saturated rings. The van der Waals surface area contributed by atoms with E-state index in [1.54, 1.807) is 6.33 Å². The molecule has 0 spiro atoms. The molecule has 2 aromatic heterocycles. The summed E-state index contributed by atoms with van der Waals surface area (Å²) in [5, 5.41) is 14.2. The van der Waals surface area contributed by atoms with Gasteiger partial charge in [-0.15, -0.1) is 0 Å². The number of aliphatic hydroxyl groups excluding tert-OH is 1. The molecule has 1 N–H and O–H groups in total. The molecular formula is C14H20N4O. The lowest BCUT2D eigenvalue weighted by Crippen LogP contribution is -2.11. The van der Waals surface area contributed by atoms with Gasteiger partial charge in [0.05, 0.1) is 12.6 Å². The molecule has 0 aliphatic heterocycles. The lowest BCUT2D eigenvalue weighted by molar-refractivity contribution is 0.157. The molecule has 102 valence electrons. The fraction of sp³-hybridized carbons (Fsp3) is 0.571. The number of aliphatic hydroxyl groups is 1. The average molecular weight is 260 g/mol. The van der Waals surface area contributed by atoms with E-state index < -0.39 is 0 Å². The zero-order valence-corrected chi connectivity index (χ0v) is 11.5. The van der Waals surface area contributed by atoms with E-state index in [-0.39, 0.29) is 6.10 Å². The SMILES string of the molecule is CC(C)n1ncnc1Cn1cc2c(c1)C(O)CCC2. The molecule has 0 radical (unpaired) electrons. The van der Waals surface area contributed by atoms with Gasteiger partial charge < -0.3 is 9.67 Å². The standard InChI is InChI=1S/C14H20N4O/c1-10(2)18-14(15-9-16-18)8-17-6-11-4-3-5-13(19)12(11)7-17/h6-7,9-10,13,19H,3-5,8H2,1-2H3. The maximum atomic E-state index is 10.00. The van der Waals surface area contributed by atoms with Crippen molar-refractivity contribution in [2.24, 2.45) is 0 Å². The summed E-state index contributed by atoms with van der Waals surface area (Å²) in [7, 11) is 0. The van der Waals surface area contributed by atoms with Crippen LogP contribution in [0.2, 0.25) is 0 Å². The lowest BCUT2D eigenvalue weighted by Gasteiger charge is -2.16. The minimum atomic E-state index is -0.298. The summed E-state index contributed by atoms with van der Waals surface area (Å²) >= 11 is 0. The monoisotopic (exact) mass is 260 g/mol. The van der Waals surface area contributed by atoms with Crippen molar-refractivity contribution in [2.75, 3.05) is 0 Å². The van der Waals surface area contributed by atoms with E-state index in [1.165, 1.54) is 5.56 Å². The fourth-order valence-electron chi connectivity index (χ4n) is 2.80. The van der Waals surface area contributed by atoms with E-state index in [2.05, 4.69) is 40.9 Å². The van der Waals surface area contributed by atoms with Crippen LogP contribution in [-0.4, -0.2) is 24.4 Å². The molecule has 1 unspecified atom stereocenters. The van der Waals surface area contributed by atoms with Crippen LogP contribution in [0.15, 0.2) is 18.7 Å². The summed E-state index contributed by atoms with van der Waals surface area (Å²) in [5.74, 6) is 0.955. The van der Waals surface area contributed by atoms with Gasteiger partial charge in [-0.05, 0) is 38.7 Å². The van der Waals surface area contributed by atoms with E-state index in [1.807, 2.05) is 4.68 Å². The third kappa shape index (κ3) is 2.30. The Balaban J connectivity index is 1.86. The highest BCUT2D eigenvalue weighted by Gasteiger charge is 2.20. The predicted octanol–water partition coefficient (Wildman–Crippen LogP) is 2.08. The molecule has 2 aromatic rings. The maximum absolute atomic E-state index is 10.00. The van der Waals surface area contributed by atoms with Gasteiger partial charge in [0.25, 0.3) is 0 Å². The zero-order valence-electron chi connectivity index (χ0n) is 11.5. The van der Waals surface area contributed by atoms with E-state index >= 15 is 0 Å². The van der Waals surface area contributed by atoms with Gasteiger partial charge in [-0.2, -0.15) is 5.10 Å². The molecule has 0 saturated heterocycles. The topological polar surface area (TPSA) is 55.9 Å². The van der Waals surface area contributed by atoms with Crippen LogP contribution in [0.3, 0.4) is 0 Å². The van der Waals surface area contributed by atoms with Crippen molar-refractivity contribution >= 4 is 0 Å². The molecular weight excluding hydrogens is 240 g/mol. The molecule has 1 aliphatic carbocycles. The van der Waals surface area contributed by atoms with E-state index in [9.17, 15) is 5.11 Å². The van der Waals surface area contributed by atoms with Crippen molar-refractivity contribution < 1.29 is 5.11 Å². The van der Waals surface area contributed by atoms with Gasteiger partial charge in [-0.3, -0.25) is 0 Å². The fourth-order valence-corrected chi connectivity index (χ4v) is 2.80. The Morgan fingerprint density at radius 1 is 1.42 bits per heavy atom. The first-order valence-corrected chi connectivity index (χ1v) is 6.90. The quantitative estimate of drug-likeness (QED) is 0.919. The predicted molar refractivity (Wildman–Crippen MR) is 71.8 cm³/mol. The Kier molecular flexibility index (Phi) is 3.14. The molecule has 1 atom stereocenters. The first kappa shape index (κ1) is 12.4. The second-order valence-electron chi connectivity index (χ2n) is 5.53. The van der Waals surface area contributed by atoms with Crippen LogP contribution in [0.4, 0.5) is 0 Å². The van der Waals surface area contributed by atoms with Crippen molar-refractivity contribution in [2.45, 2.75) is 51.8 Å². The van der Waals surface area contributed by atoms with Crippen molar-refractivity contribution in [1.82, 2.24) is 19.3 Å². The average Bonchev–Trinajstić information content (AvgIpc) is 2.96. The summed E-state index contributed by atoms with van der Waals surface area (Å²) < 4.78 is 4.05. The molecule has 3 rings (SSSR count). The van der Waals surface area contributed by atoms with Crippen molar-refractivity contribution in [1.29, 1.82) is 0 Å². The van der Waals surface area contributed by atoms with Gasteiger partial charge in [0.15, 0.2) is 0 Å². The number of nitrogens with zero attached hydrogens (tertiary/aromatic N) is 4. The molecule has 0 aromatic carbocycles. The number of hydrogen-bond donors (Lipinski definition) is 1. The Morgan fingerprint density at radius 2 is 2.26 bits per heavy atom. The van der Waals surface area contributed by atoms with Crippen LogP contribution in [0, 0.1) is 0 Å². The van der Waals surface area contributed by atoms with Gasteiger partial charge in [0, 0.05) is 24.0 Å². The summed E-state index contributed by atoms with van der Waals surface area (Å²) in [6.45, 7) is 4.91. The van der Waals surface area contributed by atoms with Crippen LogP contribution in [0.5, 0.6) is 0 Å². The molecule has 2 heterocycles. The molecule has 19 heavy (non-hydrogen) atoms. The third-order valence-corrected chi connectivity index (χ3v) is 3.74. The first-order chi connectivity index (χ1) is 9.15. The zero-order chi connectivity index (χ0) is 13.4. The second-order valence-corrected chi connectivity index (χ2v) is 5.53. The highest BCUT2D eigenvalue weighted by molar-refractivity contribution is 5.29. The largest absolute Gasteiger partial charge is 0.388 e. The Morgan fingerprint density at radius 3 is 3.00 bits per heavy atom. The number of rotatable bonds is 3. The summed E-state index contributed by atoms with van der Waals surface area (Å²) in [6, 6.07) is 0.313. The number of aryl methyl sites for hydroxylation is 1. The van der Waals surface area contributed by atoms with Crippen molar-refractivity contribution in [3.05, 3.63) is 35.7 Å². The minimum absolute atomic E-state index is 0.298. The second kappa shape index (κ2) is 4.81. The number of hydrogen-bond acceptors (Lipinski definition) is 3. The molecule has 5 heteroatoms. The Bertz CT molecular complexity index is 570. The van der Waals surface area contributed by atoms with Crippen LogP contribution in [0.1, 0.15) is 55.8 Å². The van der Waals surface area contributed by atoms with Gasteiger partial charge in [0.1, 0.15) is 12.2 Å². The molecule has 0 amide bonds. The summed E-state index contributed by atoms with van der Waals surface area (Å²) in [6.07, 6.45) is 8.51. The van der Waals surface area contributed by atoms with Gasteiger partial charge in [-0.25, -0.2) is 9.67 Å². The molecule has 0 bridgehead atoms. The van der Waals surface area contributed by atoms with Gasteiger partial charge in [0.2, 0.25) is 0 Å². The van der Waals surface area contributed by atoms with Crippen molar-refractivity contribution in [3.8, 4) is 0 Å². The highest BCUT2D eigenvalue weighted by atomic mass is 16.3. The number of fused-ring (bicyclic) bond motifs is 1. The molecule has 5 nitrogen and oxygen atoms in total. The van der Waals surface area contributed by atoms with Crippen LogP contribution in [-0.2, 0) is 13.0 Å². The summed E-state index contributed by atoms with van der Waals surface area (Å²) in [5.41, 5.74) is 2.36. The third-order valence-electron chi connectivity index (χ3n) is 3.74. The lowest BCUT2D eigenvalue weighted by atomic mass is 9.93. The van der Waals surface area contributed by atoms with Crippen LogP contribution >= 0.6 is 0 Å². The van der Waals surface area contributed by atoms with E-state index in [4.69, 9.17) is 0 Å². The van der Waals surface area contributed by atoms with Crippen LogP contribution in [0.25, 0.3) is 0 Å². The number of aromatic nitrogens is 4. The maximum Gasteiger partial charge on any atom is 0.147 e. The van der Waals surface area contributed by atoms with E-state index in [0.29, 0.717) is 12.6 Å². The van der Waals surface area contributed by atoms with E-state index in [0.717, 1.165) is 30.7 Å². The van der Waals surface area contributed by atoms with Gasteiger partial charge >= 0.3 is 0 Å². The Hall–Kier alpha value is -1.62. The minimum Gasteiger partial charge on any atom is -0.388 e. The highest BCUT2D eigenvalue weighted by Crippen LogP contribution is 2.30. The summed E-state index contributed by atoms with van der Waals surface area (Å²) in [4.78, 5) is 4.33. The normalized spacial score (nSPS) is 18.8. The Labute approximate surface area is 112 Å².